The standard InChI is InChI=1S/C36H49F2N9O6S.C2HF3O2/c37-36(38)21-25(22-39)47(24-36)33(50)23-44-34(51)27-9-11-41-30-6-5-26(20-28(27)30)53-18-3-13-45-14-16-46(17-15-45)32(49)8-7-31(48)42-10-2-1-4-29(40)35(52)43-12-19-54;3-2(4,5)1(6)7/h5-6,9,11,20,25,29,54H,1-4,7-8,10,12-19,21,23-24,40H2,(H,42,48)(H,43,52)(H,44,51);(H,6,7)/t25-,29-;/m0./s1. The maximum atomic E-state index is 13.8. The van der Waals surface area contributed by atoms with Crippen molar-refractivity contribution in [3.05, 3.63) is 36.0 Å². The van der Waals surface area contributed by atoms with Gasteiger partial charge in [-0.3, -0.25) is 33.9 Å². The third-order valence-electron chi connectivity index (χ3n) is 9.53. The summed E-state index contributed by atoms with van der Waals surface area (Å²) in [7, 11) is 0. The highest BCUT2D eigenvalue weighted by molar-refractivity contribution is 7.80. The van der Waals surface area contributed by atoms with Crippen molar-refractivity contribution in [1.29, 1.82) is 5.26 Å². The Morgan fingerprint density at radius 1 is 1.00 bits per heavy atom. The van der Waals surface area contributed by atoms with Crippen molar-refractivity contribution in [1.82, 2.24) is 35.6 Å². The van der Waals surface area contributed by atoms with E-state index in [-0.39, 0.29) is 36.1 Å². The fourth-order valence-corrected chi connectivity index (χ4v) is 6.40. The number of hydrogen-bond acceptors (Lipinski definition) is 12. The lowest BCUT2D eigenvalue weighted by Gasteiger charge is -2.34. The predicted octanol–water partition coefficient (Wildman–Crippen LogP) is 1.71. The Bertz CT molecular complexity index is 1880. The molecule has 1 aromatic heterocycles. The van der Waals surface area contributed by atoms with Crippen molar-refractivity contribution in [2.45, 2.75) is 69.1 Å². The van der Waals surface area contributed by atoms with Crippen LogP contribution in [0.25, 0.3) is 10.9 Å². The normalized spacial score (nSPS) is 16.7. The van der Waals surface area contributed by atoms with Gasteiger partial charge in [-0.15, -0.1) is 0 Å². The van der Waals surface area contributed by atoms with Gasteiger partial charge in [-0.1, -0.05) is 0 Å². The zero-order valence-corrected chi connectivity index (χ0v) is 34.1. The summed E-state index contributed by atoms with van der Waals surface area (Å²) in [5, 5.41) is 24.8. The second-order valence-electron chi connectivity index (χ2n) is 14.1. The number of aliphatic carboxylic acids is 1. The number of hydrogen-bond donors (Lipinski definition) is 6. The molecule has 0 bridgehead atoms. The number of nitrogens with zero attached hydrogens (tertiary/aromatic N) is 5. The lowest BCUT2D eigenvalue weighted by atomic mass is 10.1. The van der Waals surface area contributed by atoms with Crippen LogP contribution in [0.3, 0.4) is 0 Å². The van der Waals surface area contributed by atoms with Crippen LogP contribution in [-0.4, -0.2) is 156 Å². The molecule has 3 heterocycles. The summed E-state index contributed by atoms with van der Waals surface area (Å²) < 4.78 is 65.2. The number of likely N-dealkylation sites (tertiary alicyclic amines) is 1. The molecule has 2 aliphatic rings. The zero-order chi connectivity index (χ0) is 45.2. The van der Waals surface area contributed by atoms with Crippen LogP contribution in [0.15, 0.2) is 30.5 Å². The first-order valence-corrected chi connectivity index (χ1v) is 20.1. The van der Waals surface area contributed by atoms with Crippen molar-refractivity contribution < 1.29 is 60.6 Å². The summed E-state index contributed by atoms with van der Waals surface area (Å²) in [5.41, 5.74) is 6.62. The van der Waals surface area contributed by atoms with Gasteiger partial charge in [-0.2, -0.15) is 31.1 Å². The number of piperazine rings is 1. The Morgan fingerprint density at radius 2 is 1.70 bits per heavy atom. The third-order valence-corrected chi connectivity index (χ3v) is 9.75. The Labute approximate surface area is 353 Å². The van der Waals surface area contributed by atoms with E-state index in [1.807, 2.05) is 0 Å². The van der Waals surface area contributed by atoms with Crippen molar-refractivity contribution in [2.75, 3.05) is 71.3 Å². The van der Waals surface area contributed by atoms with Gasteiger partial charge < -0.3 is 41.3 Å². The van der Waals surface area contributed by atoms with Gasteiger partial charge in [0.2, 0.25) is 23.6 Å². The molecule has 5 amide bonds. The van der Waals surface area contributed by atoms with Crippen LogP contribution < -0.4 is 26.4 Å². The second-order valence-corrected chi connectivity index (χ2v) is 14.6. The molecule has 2 aliphatic heterocycles. The number of halogens is 5. The molecule has 17 nitrogen and oxygen atoms in total. The number of amides is 5. The Hall–Kier alpha value is -5.34. The molecule has 2 atom stereocenters. The van der Waals surface area contributed by atoms with Gasteiger partial charge in [0.25, 0.3) is 11.8 Å². The van der Waals surface area contributed by atoms with Crippen molar-refractivity contribution in [3.63, 3.8) is 0 Å². The van der Waals surface area contributed by atoms with Gasteiger partial charge in [-0.25, -0.2) is 13.6 Å². The molecule has 0 saturated carbocycles. The molecular formula is C38H50F5N9O8S. The molecule has 0 unspecified atom stereocenters. The molecule has 0 radical (unpaired) electrons. The topological polar surface area (TPSA) is 240 Å². The molecule has 0 spiro atoms. The molecular weight excluding hydrogens is 838 g/mol. The first kappa shape index (κ1) is 50.0. The number of carboxylic acids is 1. The summed E-state index contributed by atoms with van der Waals surface area (Å²) >= 11 is 4.05. The first-order chi connectivity index (χ1) is 28.8. The highest BCUT2D eigenvalue weighted by Crippen LogP contribution is 2.31. The van der Waals surface area contributed by atoms with Crippen molar-refractivity contribution >= 4 is 59.0 Å². The highest BCUT2D eigenvalue weighted by atomic mass is 32.1. The molecule has 6 N–H and O–H groups in total. The molecule has 1 aromatic carbocycles. The molecule has 4 rings (SSSR count). The minimum Gasteiger partial charge on any atom is -0.494 e. The summed E-state index contributed by atoms with van der Waals surface area (Å²) in [6, 6.07) is 6.51. The quantitative estimate of drug-likeness (QED) is 0.0672. The second kappa shape index (κ2) is 24.2. The van der Waals surface area contributed by atoms with Crippen LogP contribution in [0.2, 0.25) is 0 Å². The number of fused-ring (bicyclic) bond motifs is 1. The summed E-state index contributed by atoms with van der Waals surface area (Å²) in [4.78, 5) is 80.3. The van der Waals surface area contributed by atoms with Crippen LogP contribution >= 0.6 is 12.6 Å². The van der Waals surface area contributed by atoms with Crippen LogP contribution in [0.4, 0.5) is 22.0 Å². The summed E-state index contributed by atoms with van der Waals surface area (Å²) in [6.07, 6.45) is -1.49. The average molecular weight is 888 g/mol. The van der Waals surface area contributed by atoms with Gasteiger partial charge in [-0.05, 0) is 49.9 Å². The summed E-state index contributed by atoms with van der Waals surface area (Å²) in [6.45, 7) is 3.22. The molecule has 0 aliphatic carbocycles. The van der Waals surface area contributed by atoms with E-state index in [0.717, 1.165) is 11.4 Å². The number of alkyl halides is 5. The largest absolute Gasteiger partial charge is 0.494 e. The van der Waals surface area contributed by atoms with E-state index >= 15 is 0 Å². The number of aromatic nitrogens is 1. The number of pyridine rings is 1. The number of carboxylic acid groups (broad SMARTS) is 1. The number of rotatable bonds is 19. The number of nitrogens with one attached hydrogen (secondary N) is 3. The van der Waals surface area contributed by atoms with Gasteiger partial charge in [0.15, 0.2) is 0 Å². The molecule has 2 fully saturated rings. The van der Waals surface area contributed by atoms with Gasteiger partial charge >= 0.3 is 12.1 Å². The predicted molar refractivity (Wildman–Crippen MR) is 213 cm³/mol. The Balaban J connectivity index is 0.00000130. The fraction of sp³-hybridized carbons (Fsp3) is 0.579. The maximum Gasteiger partial charge on any atom is 0.490 e. The number of nitriles is 1. The lowest BCUT2D eigenvalue weighted by molar-refractivity contribution is -0.192. The number of carbonyl (C=O) groups excluding carboxylic acids is 5. The third kappa shape index (κ3) is 16.9. The Kier molecular flexibility index (Phi) is 19.8. The summed E-state index contributed by atoms with van der Waals surface area (Å²) in [5.74, 6) is -6.64. The van der Waals surface area contributed by atoms with E-state index in [2.05, 4.69) is 38.5 Å². The van der Waals surface area contributed by atoms with E-state index in [1.54, 1.807) is 29.2 Å². The average Bonchev–Trinajstić information content (AvgIpc) is 3.56. The fourth-order valence-electron chi connectivity index (χ4n) is 6.28. The van der Waals surface area contributed by atoms with E-state index in [1.165, 1.54) is 12.3 Å². The monoisotopic (exact) mass is 887 g/mol. The molecule has 2 saturated heterocycles. The van der Waals surface area contributed by atoms with Crippen LogP contribution in [0, 0.1) is 11.3 Å². The number of carbonyl (C=O) groups is 6. The van der Waals surface area contributed by atoms with E-state index in [9.17, 15) is 45.9 Å². The van der Waals surface area contributed by atoms with E-state index in [4.69, 9.17) is 25.6 Å². The highest BCUT2D eigenvalue weighted by Gasteiger charge is 2.47. The van der Waals surface area contributed by atoms with Gasteiger partial charge in [0.1, 0.15) is 11.8 Å². The minimum absolute atomic E-state index is 0.0549. The molecule has 2 aromatic rings. The molecule has 61 heavy (non-hydrogen) atoms. The van der Waals surface area contributed by atoms with Crippen LogP contribution in [-0.2, 0) is 24.0 Å². The minimum atomic E-state index is -5.08. The van der Waals surface area contributed by atoms with E-state index < -0.39 is 61.5 Å². The number of nitrogens with two attached hydrogens (primary N) is 1. The van der Waals surface area contributed by atoms with Crippen molar-refractivity contribution in [2.24, 2.45) is 5.73 Å². The number of thiol groups is 1. The SMILES string of the molecule is N#C[C@@H]1CC(F)(F)CN1C(=O)CNC(=O)c1ccnc2ccc(OCCCN3CCN(C(=O)CCC(=O)NCCCC[C@H](N)C(=O)NCCS)CC3)cc12.O=C(O)C(F)(F)F. The van der Waals surface area contributed by atoms with Gasteiger partial charge in [0.05, 0.1) is 42.9 Å². The van der Waals surface area contributed by atoms with Gasteiger partial charge in [0, 0.05) is 82.4 Å². The van der Waals surface area contributed by atoms with Crippen LogP contribution in [0.5, 0.6) is 5.75 Å². The smallest absolute Gasteiger partial charge is 0.490 e. The van der Waals surface area contributed by atoms with E-state index in [0.29, 0.717) is 94.0 Å². The lowest BCUT2D eigenvalue weighted by Crippen LogP contribution is -2.49. The zero-order valence-electron chi connectivity index (χ0n) is 33.2. The Morgan fingerprint density at radius 3 is 2.36 bits per heavy atom. The maximum absolute atomic E-state index is 13.8. The first-order valence-electron chi connectivity index (χ1n) is 19.4. The molecule has 23 heteroatoms. The number of unbranched alkanes of at least 4 members (excludes halogenated alkanes) is 1. The molecule has 336 valence electrons. The number of ether oxygens (including phenoxy) is 1. The number of benzene rings is 1. The van der Waals surface area contributed by atoms with Crippen LogP contribution in [0.1, 0.15) is 55.3 Å². The van der Waals surface area contributed by atoms with Crippen molar-refractivity contribution in [3.8, 4) is 11.8 Å².